The van der Waals surface area contributed by atoms with Gasteiger partial charge in [0.2, 0.25) is 5.09 Å². The van der Waals surface area contributed by atoms with Crippen LogP contribution in [-0.4, -0.2) is 38.5 Å². The molecule has 3 N–H and O–H groups in total. The molecule has 1 aliphatic rings. The summed E-state index contributed by atoms with van der Waals surface area (Å²) in [4.78, 5) is 23.3. The van der Waals surface area contributed by atoms with E-state index in [-0.39, 0.29) is 23.3 Å². The molecule has 1 amide bonds. The van der Waals surface area contributed by atoms with E-state index in [9.17, 15) is 18.0 Å². The van der Waals surface area contributed by atoms with Crippen molar-refractivity contribution in [2.75, 3.05) is 7.05 Å². The Hall–Kier alpha value is -1.87. The van der Waals surface area contributed by atoms with Crippen LogP contribution in [0.2, 0.25) is 0 Å². The number of aliphatic carboxylic acids is 1. The zero-order valence-corrected chi connectivity index (χ0v) is 15.7. The molecular formula is C17H26N2O6S. The van der Waals surface area contributed by atoms with E-state index >= 15 is 0 Å². The summed E-state index contributed by atoms with van der Waals surface area (Å²) in [5.74, 6) is -1.08. The van der Waals surface area contributed by atoms with Gasteiger partial charge in [-0.2, -0.15) is 0 Å². The van der Waals surface area contributed by atoms with Gasteiger partial charge in [-0.05, 0) is 37.9 Å². The Labute approximate surface area is 153 Å². The minimum absolute atomic E-state index is 0.0325. The van der Waals surface area contributed by atoms with E-state index in [1.54, 1.807) is 0 Å². The summed E-state index contributed by atoms with van der Waals surface area (Å²) in [7, 11) is -2.50. The minimum atomic E-state index is -3.76. The Balaban J connectivity index is 2.03. The molecule has 1 saturated carbocycles. The molecule has 1 fully saturated rings. The predicted octanol–water partition coefficient (Wildman–Crippen LogP) is 2.12. The number of sulfonamides is 1. The summed E-state index contributed by atoms with van der Waals surface area (Å²) < 4.78 is 30.7. The van der Waals surface area contributed by atoms with Crippen LogP contribution in [0.3, 0.4) is 0 Å². The van der Waals surface area contributed by atoms with E-state index in [2.05, 4.69) is 10.0 Å². The van der Waals surface area contributed by atoms with Gasteiger partial charge in [0, 0.05) is 12.5 Å². The molecular weight excluding hydrogens is 360 g/mol. The maximum absolute atomic E-state index is 12.4. The smallest absolute Gasteiger partial charge is 0.303 e. The molecule has 1 aromatic rings. The molecule has 1 unspecified atom stereocenters. The number of carboxylic acid groups (broad SMARTS) is 1. The van der Waals surface area contributed by atoms with Crippen molar-refractivity contribution in [1.29, 1.82) is 0 Å². The molecule has 1 atom stereocenters. The van der Waals surface area contributed by atoms with E-state index in [0.717, 1.165) is 32.1 Å². The molecule has 1 aliphatic carbocycles. The molecule has 2 rings (SSSR count). The standard InChI is InChI=1S/C17H26N2O6S/c1-18-26(23,24)16-10-8-14(25-16)17(22)19-13(7-9-15(20)21)11-12-5-3-2-4-6-12/h8,10,12-13,18H,2-7,9,11H2,1H3,(H,19,22)(H,20,21). The van der Waals surface area contributed by atoms with Crippen LogP contribution in [0.5, 0.6) is 0 Å². The summed E-state index contributed by atoms with van der Waals surface area (Å²) in [6.45, 7) is 0. The van der Waals surface area contributed by atoms with Crippen molar-refractivity contribution in [2.24, 2.45) is 5.92 Å². The summed E-state index contributed by atoms with van der Waals surface area (Å²) in [5, 5.41) is 11.4. The zero-order chi connectivity index (χ0) is 19.2. The first-order valence-corrected chi connectivity index (χ1v) is 10.4. The molecule has 0 saturated heterocycles. The number of amides is 1. The van der Waals surface area contributed by atoms with Gasteiger partial charge in [0.25, 0.3) is 15.9 Å². The van der Waals surface area contributed by atoms with Crippen LogP contribution >= 0.6 is 0 Å². The first kappa shape index (κ1) is 20.4. The topological polar surface area (TPSA) is 126 Å². The normalized spacial score (nSPS) is 17.0. The maximum Gasteiger partial charge on any atom is 0.303 e. The predicted molar refractivity (Wildman–Crippen MR) is 94.3 cm³/mol. The van der Waals surface area contributed by atoms with Gasteiger partial charge in [-0.15, -0.1) is 0 Å². The third kappa shape index (κ3) is 5.84. The van der Waals surface area contributed by atoms with Crippen LogP contribution in [0.25, 0.3) is 0 Å². The fourth-order valence-corrected chi connectivity index (χ4v) is 3.96. The van der Waals surface area contributed by atoms with Crippen molar-refractivity contribution < 1.29 is 27.5 Å². The Morgan fingerprint density at radius 1 is 1.27 bits per heavy atom. The molecule has 1 aromatic heterocycles. The summed E-state index contributed by atoms with van der Waals surface area (Å²) >= 11 is 0. The molecule has 1 heterocycles. The van der Waals surface area contributed by atoms with Gasteiger partial charge in [-0.1, -0.05) is 32.1 Å². The highest BCUT2D eigenvalue weighted by Gasteiger charge is 2.24. The summed E-state index contributed by atoms with van der Waals surface area (Å²) in [6.07, 6.45) is 6.74. The SMILES string of the molecule is CNS(=O)(=O)c1ccc(C(=O)NC(CCC(=O)O)CC2CCCCC2)o1. The molecule has 26 heavy (non-hydrogen) atoms. The zero-order valence-electron chi connectivity index (χ0n) is 14.9. The Morgan fingerprint density at radius 2 is 1.96 bits per heavy atom. The van der Waals surface area contributed by atoms with Crippen LogP contribution < -0.4 is 10.0 Å². The summed E-state index contributed by atoms with van der Waals surface area (Å²) in [6, 6.07) is 2.24. The van der Waals surface area contributed by atoms with Crippen molar-refractivity contribution in [3.8, 4) is 0 Å². The molecule has 0 spiro atoms. The van der Waals surface area contributed by atoms with Gasteiger partial charge < -0.3 is 14.8 Å². The molecule has 0 radical (unpaired) electrons. The van der Waals surface area contributed by atoms with Crippen LogP contribution in [0.15, 0.2) is 21.6 Å². The second kappa shape index (κ2) is 9.18. The van der Waals surface area contributed by atoms with Gasteiger partial charge in [0.05, 0.1) is 0 Å². The van der Waals surface area contributed by atoms with Gasteiger partial charge in [-0.3, -0.25) is 9.59 Å². The number of carboxylic acids is 1. The number of furan rings is 1. The number of hydrogen-bond donors (Lipinski definition) is 3. The first-order valence-electron chi connectivity index (χ1n) is 8.88. The molecule has 0 aliphatic heterocycles. The van der Waals surface area contributed by atoms with Crippen LogP contribution in [-0.2, 0) is 14.8 Å². The van der Waals surface area contributed by atoms with Crippen molar-refractivity contribution in [1.82, 2.24) is 10.0 Å². The van der Waals surface area contributed by atoms with Crippen molar-refractivity contribution in [2.45, 2.75) is 62.5 Å². The highest BCUT2D eigenvalue weighted by molar-refractivity contribution is 7.89. The molecule has 0 bridgehead atoms. The van der Waals surface area contributed by atoms with Gasteiger partial charge in [0.15, 0.2) is 5.76 Å². The maximum atomic E-state index is 12.4. The Morgan fingerprint density at radius 3 is 2.58 bits per heavy atom. The average Bonchev–Trinajstić information content (AvgIpc) is 3.11. The lowest BCUT2D eigenvalue weighted by Crippen LogP contribution is -2.37. The number of rotatable bonds is 9. The lowest BCUT2D eigenvalue weighted by atomic mass is 9.84. The fourth-order valence-electron chi connectivity index (χ4n) is 3.32. The van der Waals surface area contributed by atoms with E-state index < -0.39 is 21.9 Å². The first-order chi connectivity index (χ1) is 12.3. The lowest BCUT2D eigenvalue weighted by molar-refractivity contribution is -0.137. The third-order valence-corrected chi connectivity index (χ3v) is 6.01. The quantitative estimate of drug-likeness (QED) is 0.597. The number of nitrogens with one attached hydrogen (secondary N) is 2. The third-order valence-electron chi connectivity index (χ3n) is 4.72. The second-order valence-corrected chi connectivity index (χ2v) is 8.49. The van der Waals surface area contributed by atoms with E-state index in [4.69, 9.17) is 9.52 Å². The summed E-state index contributed by atoms with van der Waals surface area (Å²) in [5.41, 5.74) is 0. The fraction of sp³-hybridized carbons (Fsp3) is 0.647. The van der Waals surface area contributed by atoms with Crippen molar-refractivity contribution in [3.05, 3.63) is 17.9 Å². The largest absolute Gasteiger partial charge is 0.481 e. The van der Waals surface area contributed by atoms with Gasteiger partial charge in [-0.25, -0.2) is 13.1 Å². The van der Waals surface area contributed by atoms with Crippen LogP contribution in [0.1, 0.15) is 61.9 Å². The molecule has 146 valence electrons. The lowest BCUT2D eigenvalue weighted by Gasteiger charge is -2.26. The monoisotopic (exact) mass is 386 g/mol. The number of carbonyl (C=O) groups excluding carboxylic acids is 1. The van der Waals surface area contributed by atoms with E-state index in [0.29, 0.717) is 12.3 Å². The second-order valence-electron chi connectivity index (χ2n) is 6.67. The van der Waals surface area contributed by atoms with E-state index in [1.807, 2.05) is 0 Å². The Kier molecular flexibility index (Phi) is 7.22. The molecule has 9 heteroatoms. The number of hydrogen-bond acceptors (Lipinski definition) is 5. The minimum Gasteiger partial charge on any atom is -0.481 e. The molecule has 8 nitrogen and oxygen atoms in total. The average molecular weight is 386 g/mol. The number of carbonyl (C=O) groups is 2. The van der Waals surface area contributed by atoms with Crippen LogP contribution in [0, 0.1) is 5.92 Å². The highest BCUT2D eigenvalue weighted by atomic mass is 32.2. The van der Waals surface area contributed by atoms with Crippen LogP contribution in [0.4, 0.5) is 0 Å². The molecule has 0 aromatic carbocycles. The Bertz CT molecular complexity index is 721. The van der Waals surface area contributed by atoms with E-state index in [1.165, 1.54) is 25.6 Å². The van der Waals surface area contributed by atoms with Crippen molar-refractivity contribution >= 4 is 21.9 Å². The van der Waals surface area contributed by atoms with Gasteiger partial charge in [0.1, 0.15) is 0 Å². The van der Waals surface area contributed by atoms with Crippen molar-refractivity contribution in [3.63, 3.8) is 0 Å². The van der Waals surface area contributed by atoms with Gasteiger partial charge >= 0.3 is 5.97 Å². The highest BCUT2D eigenvalue weighted by Crippen LogP contribution is 2.28.